The summed E-state index contributed by atoms with van der Waals surface area (Å²) in [6.07, 6.45) is 0. The molecule has 1 amide bonds. The van der Waals surface area contributed by atoms with Crippen molar-refractivity contribution in [1.82, 2.24) is 25.0 Å². The number of carbonyl (C=O) groups is 1. The van der Waals surface area contributed by atoms with E-state index in [1.807, 2.05) is 54.0 Å². The highest BCUT2D eigenvalue weighted by Crippen LogP contribution is 2.24. The molecule has 9 heteroatoms. The van der Waals surface area contributed by atoms with Crippen molar-refractivity contribution in [2.24, 2.45) is 0 Å². The third kappa shape index (κ3) is 5.93. The number of hydrogen-bond acceptors (Lipinski definition) is 7. The lowest BCUT2D eigenvalue weighted by atomic mass is 10.0. The lowest BCUT2D eigenvalue weighted by Crippen LogP contribution is -2.44. The molecule has 8 nitrogen and oxygen atoms in total. The Kier molecular flexibility index (Phi) is 7.98. The third-order valence-electron chi connectivity index (χ3n) is 5.62. The third-order valence-corrected chi connectivity index (χ3v) is 6.55. The average Bonchev–Trinajstić information content (AvgIpc) is 3.24. The maximum atomic E-state index is 12.7. The fourth-order valence-electron chi connectivity index (χ4n) is 3.88. The number of morpholine rings is 1. The minimum atomic E-state index is -0.0352. The number of methoxy groups -OCH3 is 1. The van der Waals surface area contributed by atoms with Crippen LogP contribution in [0.15, 0.2) is 59.8 Å². The summed E-state index contributed by atoms with van der Waals surface area (Å²) >= 11 is 1.39. The number of para-hydroxylation sites is 1. The predicted octanol–water partition coefficient (Wildman–Crippen LogP) is 2.87. The van der Waals surface area contributed by atoms with Crippen LogP contribution in [0.2, 0.25) is 0 Å². The molecule has 3 aromatic rings. The van der Waals surface area contributed by atoms with Gasteiger partial charge in [0, 0.05) is 25.3 Å². The molecular formula is C24H29N5O3S. The Labute approximate surface area is 198 Å². The van der Waals surface area contributed by atoms with Gasteiger partial charge in [-0.05, 0) is 36.8 Å². The van der Waals surface area contributed by atoms with Gasteiger partial charge in [-0.2, -0.15) is 0 Å². The van der Waals surface area contributed by atoms with E-state index in [2.05, 4.69) is 32.5 Å². The Balaban J connectivity index is 1.39. The van der Waals surface area contributed by atoms with E-state index >= 15 is 0 Å². The monoisotopic (exact) mass is 467 g/mol. The molecule has 2 heterocycles. The molecular weight excluding hydrogens is 438 g/mol. The van der Waals surface area contributed by atoms with Crippen molar-refractivity contribution in [3.63, 3.8) is 0 Å². The summed E-state index contributed by atoms with van der Waals surface area (Å²) in [5, 5.41) is 12.3. The zero-order valence-electron chi connectivity index (χ0n) is 18.9. The summed E-state index contributed by atoms with van der Waals surface area (Å²) in [5.41, 5.74) is 2.12. The maximum Gasteiger partial charge on any atom is 0.230 e. The zero-order valence-corrected chi connectivity index (χ0v) is 19.8. The van der Waals surface area contributed by atoms with Gasteiger partial charge in [-0.3, -0.25) is 14.3 Å². The van der Waals surface area contributed by atoms with E-state index in [9.17, 15) is 4.79 Å². The normalized spacial score (nSPS) is 15.2. The van der Waals surface area contributed by atoms with Crippen LogP contribution in [0.4, 0.5) is 0 Å². The molecule has 0 unspecified atom stereocenters. The van der Waals surface area contributed by atoms with Gasteiger partial charge >= 0.3 is 0 Å². The minimum absolute atomic E-state index is 0.0352. The van der Waals surface area contributed by atoms with Gasteiger partial charge in [0.25, 0.3) is 0 Å². The highest BCUT2D eigenvalue weighted by Gasteiger charge is 2.23. The van der Waals surface area contributed by atoms with Crippen molar-refractivity contribution in [1.29, 1.82) is 0 Å². The molecule has 1 N–H and O–H groups in total. The summed E-state index contributed by atoms with van der Waals surface area (Å²) in [6.45, 7) is 5.50. The Morgan fingerprint density at radius 1 is 1.12 bits per heavy atom. The summed E-state index contributed by atoms with van der Waals surface area (Å²) in [4.78, 5) is 15.1. The van der Waals surface area contributed by atoms with Crippen LogP contribution in [0.25, 0.3) is 5.69 Å². The van der Waals surface area contributed by atoms with Crippen molar-refractivity contribution >= 4 is 17.7 Å². The van der Waals surface area contributed by atoms with Gasteiger partial charge in [0.1, 0.15) is 11.6 Å². The van der Waals surface area contributed by atoms with E-state index in [0.29, 0.717) is 24.9 Å². The van der Waals surface area contributed by atoms with Crippen LogP contribution in [-0.4, -0.2) is 71.3 Å². The van der Waals surface area contributed by atoms with Crippen LogP contribution in [0, 0.1) is 6.92 Å². The number of rotatable bonds is 9. The molecule has 2 aromatic carbocycles. The van der Waals surface area contributed by atoms with Crippen LogP contribution >= 0.6 is 11.8 Å². The lowest BCUT2D eigenvalue weighted by Gasteiger charge is -2.35. The van der Waals surface area contributed by atoms with Crippen LogP contribution < -0.4 is 10.1 Å². The second kappa shape index (κ2) is 11.3. The van der Waals surface area contributed by atoms with E-state index in [-0.39, 0.29) is 17.7 Å². The molecule has 1 saturated heterocycles. The molecule has 0 aliphatic carbocycles. The largest absolute Gasteiger partial charge is 0.497 e. The second-order valence-electron chi connectivity index (χ2n) is 7.73. The molecule has 0 bridgehead atoms. The fourth-order valence-corrected chi connectivity index (χ4v) is 4.70. The first-order valence-corrected chi connectivity index (χ1v) is 12.0. The number of nitrogens with zero attached hydrogens (tertiary/aromatic N) is 4. The summed E-state index contributed by atoms with van der Waals surface area (Å²) in [6, 6.07) is 18.0. The van der Waals surface area contributed by atoms with Gasteiger partial charge in [-0.1, -0.05) is 42.1 Å². The molecule has 1 fully saturated rings. The van der Waals surface area contributed by atoms with Crippen molar-refractivity contribution in [2.45, 2.75) is 18.1 Å². The first kappa shape index (κ1) is 23.3. The number of ether oxygens (including phenoxy) is 2. The first-order chi connectivity index (χ1) is 16.2. The smallest absolute Gasteiger partial charge is 0.230 e. The molecule has 0 saturated carbocycles. The number of thioether (sulfide) groups is 1. The van der Waals surface area contributed by atoms with Gasteiger partial charge in [0.2, 0.25) is 5.91 Å². The standard InChI is InChI=1S/C24H29N5O3S/c1-18-26-27-24(29(18)20-6-4-3-5-7-20)33-17-23(30)25-16-22(28-12-14-32-15-13-28)19-8-10-21(31-2)11-9-19/h3-11,22H,12-17H2,1-2H3,(H,25,30)/t22-/m0/s1. The van der Waals surface area contributed by atoms with Crippen molar-refractivity contribution < 1.29 is 14.3 Å². The van der Waals surface area contributed by atoms with Crippen LogP contribution in [0.1, 0.15) is 17.4 Å². The number of benzene rings is 2. The van der Waals surface area contributed by atoms with Gasteiger partial charge in [0.15, 0.2) is 5.16 Å². The summed E-state index contributed by atoms with van der Waals surface area (Å²) in [5.74, 6) is 1.84. The van der Waals surface area contributed by atoms with Crippen LogP contribution in [-0.2, 0) is 9.53 Å². The molecule has 1 aliphatic heterocycles. The van der Waals surface area contributed by atoms with E-state index in [1.165, 1.54) is 11.8 Å². The van der Waals surface area contributed by atoms with Gasteiger partial charge in [0.05, 0.1) is 32.1 Å². The Hall–Kier alpha value is -2.88. The first-order valence-electron chi connectivity index (χ1n) is 11.0. The second-order valence-corrected chi connectivity index (χ2v) is 8.67. The summed E-state index contributed by atoms with van der Waals surface area (Å²) in [7, 11) is 1.66. The number of hydrogen-bond donors (Lipinski definition) is 1. The Bertz CT molecular complexity index is 1040. The number of aryl methyl sites for hydroxylation is 1. The van der Waals surface area contributed by atoms with E-state index in [1.54, 1.807) is 7.11 Å². The van der Waals surface area contributed by atoms with E-state index in [4.69, 9.17) is 9.47 Å². The topological polar surface area (TPSA) is 81.5 Å². The molecule has 4 rings (SSSR count). The molecule has 33 heavy (non-hydrogen) atoms. The van der Waals surface area contributed by atoms with Crippen molar-refractivity contribution in [3.05, 3.63) is 66.0 Å². The molecule has 1 atom stereocenters. The number of aromatic nitrogens is 3. The zero-order chi connectivity index (χ0) is 23.0. The van der Waals surface area contributed by atoms with E-state index < -0.39 is 0 Å². The van der Waals surface area contributed by atoms with Crippen LogP contribution in [0.5, 0.6) is 5.75 Å². The van der Waals surface area contributed by atoms with Crippen molar-refractivity contribution in [3.8, 4) is 11.4 Å². The number of nitrogens with one attached hydrogen (secondary N) is 1. The van der Waals surface area contributed by atoms with Gasteiger partial charge in [-0.15, -0.1) is 10.2 Å². The SMILES string of the molecule is COc1ccc([C@H](CNC(=O)CSc2nnc(C)n2-c2ccccc2)N2CCOCC2)cc1. The Morgan fingerprint density at radius 3 is 2.55 bits per heavy atom. The van der Waals surface area contributed by atoms with E-state index in [0.717, 1.165) is 35.9 Å². The number of amides is 1. The minimum Gasteiger partial charge on any atom is -0.497 e. The maximum absolute atomic E-state index is 12.7. The lowest BCUT2D eigenvalue weighted by molar-refractivity contribution is -0.118. The average molecular weight is 468 g/mol. The quantitative estimate of drug-likeness (QED) is 0.485. The fraction of sp³-hybridized carbons (Fsp3) is 0.375. The molecule has 0 spiro atoms. The number of carbonyl (C=O) groups excluding carboxylic acids is 1. The highest BCUT2D eigenvalue weighted by atomic mass is 32.2. The van der Waals surface area contributed by atoms with Crippen LogP contribution in [0.3, 0.4) is 0 Å². The Morgan fingerprint density at radius 2 is 1.85 bits per heavy atom. The molecule has 174 valence electrons. The molecule has 0 radical (unpaired) electrons. The van der Waals surface area contributed by atoms with Gasteiger partial charge < -0.3 is 14.8 Å². The summed E-state index contributed by atoms with van der Waals surface area (Å²) < 4.78 is 12.8. The van der Waals surface area contributed by atoms with Crippen molar-refractivity contribution in [2.75, 3.05) is 45.7 Å². The van der Waals surface area contributed by atoms with Gasteiger partial charge in [-0.25, -0.2) is 0 Å². The molecule has 1 aromatic heterocycles. The highest BCUT2D eigenvalue weighted by molar-refractivity contribution is 7.99. The predicted molar refractivity (Wildman–Crippen MR) is 128 cm³/mol. The molecule has 1 aliphatic rings.